The molecule has 0 aliphatic heterocycles. The summed E-state index contributed by atoms with van der Waals surface area (Å²) in [6.45, 7) is 1.12. The van der Waals surface area contributed by atoms with Crippen molar-refractivity contribution in [1.82, 2.24) is 5.32 Å². The van der Waals surface area contributed by atoms with E-state index in [0.717, 1.165) is 6.54 Å². The highest BCUT2D eigenvalue weighted by atomic mass is 79.9. The summed E-state index contributed by atoms with van der Waals surface area (Å²) < 4.78 is 2.39. The molecule has 74 valence electrons. The first-order valence-electron chi connectivity index (χ1n) is 4.32. The van der Waals surface area contributed by atoms with Crippen LogP contribution in [0.1, 0.15) is 17.7 Å². The van der Waals surface area contributed by atoms with Gasteiger partial charge < -0.3 is 5.32 Å². The van der Waals surface area contributed by atoms with E-state index in [9.17, 15) is 0 Å². The van der Waals surface area contributed by atoms with Gasteiger partial charge in [-0.05, 0) is 70.8 Å². The lowest BCUT2D eigenvalue weighted by Crippen LogP contribution is -2.07. The zero-order valence-electron chi connectivity index (χ0n) is 7.57. The van der Waals surface area contributed by atoms with Gasteiger partial charge in [-0.25, -0.2) is 0 Å². The fourth-order valence-electron chi connectivity index (χ4n) is 1.12. The number of rotatable bonds is 5. The molecule has 1 nitrogen and oxygen atoms in total. The SMILES string of the molecule is CNCCCCc1cc(Br)c(Br)s1. The van der Waals surface area contributed by atoms with E-state index in [4.69, 9.17) is 0 Å². The Kier molecular flexibility index (Phi) is 5.55. The van der Waals surface area contributed by atoms with Crippen LogP contribution in [0.3, 0.4) is 0 Å². The molecule has 1 heterocycles. The summed E-state index contributed by atoms with van der Waals surface area (Å²) in [4.78, 5) is 1.45. The van der Waals surface area contributed by atoms with Gasteiger partial charge in [0.1, 0.15) is 0 Å². The zero-order chi connectivity index (χ0) is 9.68. The predicted molar refractivity (Wildman–Crippen MR) is 66.6 cm³/mol. The van der Waals surface area contributed by atoms with Crippen LogP contribution >= 0.6 is 43.2 Å². The smallest absolute Gasteiger partial charge is 0.0843 e. The van der Waals surface area contributed by atoms with Crippen molar-refractivity contribution >= 4 is 43.2 Å². The Morgan fingerprint density at radius 1 is 1.38 bits per heavy atom. The molecular formula is C9H13Br2NS. The first-order chi connectivity index (χ1) is 6.24. The van der Waals surface area contributed by atoms with E-state index >= 15 is 0 Å². The first-order valence-corrected chi connectivity index (χ1v) is 6.72. The highest BCUT2D eigenvalue weighted by Gasteiger charge is 2.03. The van der Waals surface area contributed by atoms with E-state index < -0.39 is 0 Å². The number of hydrogen-bond acceptors (Lipinski definition) is 2. The number of hydrogen-bond donors (Lipinski definition) is 1. The van der Waals surface area contributed by atoms with Gasteiger partial charge in [-0.2, -0.15) is 0 Å². The van der Waals surface area contributed by atoms with E-state index in [1.165, 1.54) is 32.4 Å². The summed E-state index contributed by atoms with van der Waals surface area (Å²) in [5, 5.41) is 3.16. The average Bonchev–Trinajstić information content (AvgIpc) is 2.41. The topological polar surface area (TPSA) is 12.0 Å². The van der Waals surface area contributed by atoms with Gasteiger partial charge in [0, 0.05) is 9.35 Å². The van der Waals surface area contributed by atoms with Gasteiger partial charge in [-0.1, -0.05) is 0 Å². The monoisotopic (exact) mass is 325 g/mol. The van der Waals surface area contributed by atoms with E-state index in [2.05, 4.69) is 43.2 Å². The number of aryl methyl sites for hydroxylation is 1. The first kappa shape index (κ1) is 11.7. The molecule has 0 amide bonds. The van der Waals surface area contributed by atoms with Gasteiger partial charge in [-0.15, -0.1) is 11.3 Å². The molecule has 0 aliphatic carbocycles. The fourth-order valence-corrected chi connectivity index (χ4v) is 3.33. The molecule has 13 heavy (non-hydrogen) atoms. The maximum Gasteiger partial charge on any atom is 0.0843 e. The van der Waals surface area contributed by atoms with Crippen LogP contribution < -0.4 is 5.32 Å². The third kappa shape index (κ3) is 4.11. The number of nitrogens with one attached hydrogen (secondary N) is 1. The zero-order valence-corrected chi connectivity index (χ0v) is 11.6. The summed E-state index contributed by atoms with van der Waals surface area (Å²) in [6.07, 6.45) is 3.71. The normalized spacial score (nSPS) is 10.7. The molecule has 0 saturated heterocycles. The van der Waals surface area contributed by atoms with E-state index in [1.54, 1.807) is 0 Å². The second-order valence-electron chi connectivity index (χ2n) is 2.90. The van der Waals surface area contributed by atoms with E-state index in [0.29, 0.717) is 0 Å². The second-order valence-corrected chi connectivity index (χ2v) is 6.20. The van der Waals surface area contributed by atoms with Crippen LogP contribution in [-0.4, -0.2) is 13.6 Å². The molecule has 4 heteroatoms. The largest absolute Gasteiger partial charge is 0.320 e. The van der Waals surface area contributed by atoms with Crippen molar-refractivity contribution in [3.63, 3.8) is 0 Å². The van der Waals surface area contributed by atoms with Gasteiger partial charge in [0.15, 0.2) is 0 Å². The minimum absolute atomic E-state index is 1.12. The highest BCUT2D eigenvalue weighted by Crippen LogP contribution is 2.32. The average molecular weight is 327 g/mol. The van der Waals surface area contributed by atoms with Crippen LogP contribution in [0.4, 0.5) is 0 Å². The molecule has 0 aromatic carbocycles. The van der Waals surface area contributed by atoms with Crippen LogP contribution in [0.25, 0.3) is 0 Å². The third-order valence-electron chi connectivity index (χ3n) is 1.80. The highest BCUT2D eigenvalue weighted by molar-refractivity contribution is 9.13. The minimum Gasteiger partial charge on any atom is -0.320 e. The molecule has 1 N–H and O–H groups in total. The molecule has 0 fully saturated rings. The minimum atomic E-state index is 1.12. The summed E-state index contributed by atoms with van der Waals surface area (Å²) >= 11 is 8.81. The van der Waals surface area contributed by atoms with Crippen molar-refractivity contribution in [2.45, 2.75) is 19.3 Å². The van der Waals surface area contributed by atoms with Gasteiger partial charge in [0.2, 0.25) is 0 Å². The Bertz CT molecular complexity index is 241. The van der Waals surface area contributed by atoms with Gasteiger partial charge in [-0.3, -0.25) is 0 Å². The van der Waals surface area contributed by atoms with Gasteiger partial charge in [0.25, 0.3) is 0 Å². The second kappa shape index (κ2) is 6.17. The van der Waals surface area contributed by atoms with E-state index in [1.807, 2.05) is 18.4 Å². The van der Waals surface area contributed by atoms with Crippen molar-refractivity contribution in [2.24, 2.45) is 0 Å². The lowest BCUT2D eigenvalue weighted by Gasteiger charge is -1.97. The summed E-state index contributed by atoms with van der Waals surface area (Å²) in [5.74, 6) is 0. The maximum absolute atomic E-state index is 3.50. The third-order valence-corrected chi connectivity index (χ3v) is 5.11. The van der Waals surface area contributed by atoms with Crippen LogP contribution in [-0.2, 0) is 6.42 Å². The van der Waals surface area contributed by atoms with Crippen LogP contribution in [0.2, 0.25) is 0 Å². The molecular weight excluding hydrogens is 314 g/mol. The lowest BCUT2D eigenvalue weighted by molar-refractivity contribution is 0.680. The van der Waals surface area contributed by atoms with Crippen LogP contribution in [0, 0.1) is 0 Å². The van der Waals surface area contributed by atoms with Gasteiger partial charge in [0.05, 0.1) is 3.79 Å². The van der Waals surface area contributed by atoms with Crippen molar-refractivity contribution in [3.8, 4) is 0 Å². The Morgan fingerprint density at radius 2 is 2.15 bits per heavy atom. The molecule has 0 spiro atoms. The Labute approximate surface area is 100 Å². The predicted octanol–water partition coefficient (Wildman–Crippen LogP) is 3.82. The maximum atomic E-state index is 3.50. The van der Waals surface area contributed by atoms with Crippen LogP contribution in [0.15, 0.2) is 14.3 Å². The van der Waals surface area contributed by atoms with Crippen LogP contribution in [0.5, 0.6) is 0 Å². The molecule has 1 aromatic rings. The van der Waals surface area contributed by atoms with Crippen molar-refractivity contribution in [2.75, 3.05) is 13.6 Å². The van der Waals surface area contributed by atoms with Crippen molar-refractivity contribution in [3.05, 3.63) is 19.2 Å². The molecule has 0 radical (unpaired) electrons. The van der Waals surface area contributed by atoms with Crippen molar-refractivity contribution < 1.29 is 0 Å². The van der Waals surface area contributed by atoms with Gasteiger partial charge >= 0.3 is 0 Å². The molecule has 0 unspecified atom stereocenters. The molecule has 0 saturated carbocycles. The van der Waals surface area contributed by atoms with E-state index in [-0.39, 0.29) is 0 Å². The summed E-state index contributed by atoms with van der Waals surface area (Å²) in [7, 11) is 2.00. The Morgan fingerprint density at radius 3 is 2.69 bits per heavy atom. The Hall–Kier alpha value is 0.620. The summed E-state index contributed by atoms with van der Waals surface area (Å²) in [6, 6.07) is 2.20. The summed E-state index contributed by atoms with van der Waals surface area (Å²) in [5.41, 5.74) is 0. The quantitative estimate of drug-likeness (QED) is 0.811. The molecule has 1 aromatic heterocycles. The lowest BCUT2D eigenvalue weighted by atomic mass is 10.2. The number of halogens is 2. The van der Waals surface area contributed by atoms with Crippen molar-refractivity contribution in [1.29, 1.82) is 0 Å². The standard InChI is InChI=1S/C9H13Br2NS/c1-12-5-3-2-4-7-6-8(10)9(11)13-7/h6,12H,2-5H2,1H3. The molecule has 0 aliphatic rings. The Balaban J connectivity index is 2.29. The molecule has 1 rings (SSSR count). The fraction of sp³-hybridized carbons (Fsp3) is 0.556. The molecule has 0 bridgehead atoms. The molecule has 0 atom stereocenters. The number of unbranched alkanes of at least 4 members (excludes halogenated alkanes) is 1. The number of thiophene rings is 1.